The Bertz CT molecular complexity index is 1360. The third-order valence-electron chi connectivity index (χ3n) is 5.93. The molecule has 3 aromatic rings. The van der Waals surface area contributed by atoms with E-state index < -0.39 is 18.2 Å². The van der Waals surface area contributed by atoms with Gasteiger partial charge in [0.15, 0.2) is 11.9 Å². The molecule has 1 atom stereocenters. The van der Waals surface area contributed by atoms with Crippen LogP contribution < -0.4 is 20.9 Å². The first-order valence-electron chi connectivity index (χ1n) is 11.7. The average molecular weight is 537 g/mol. The van der Waals surface area contributed by atoms with Crippen LogP contribution in [0.1, 0.15) is 41.8 Å². The Hall–Kier alpha value is -3.91. The highest BCUT2D eigenvalue weighted by Gasteiger charge is 2.43. The molecule has 1 fully saturated rings. The van der Waals surface area contributed by atoms with Crippen molar-refractivity contribution in [1.29, 1.82) is 0 Å². The number of anilines is 3. The van der Waals surface area contributed by atoms with Crippen LogP contribution in [-0.2, 0) is 21.4 Å². The second-order valence-electron chi connectivity index (χ2n) is 8.58. The Kier molecular flexibility index (Phi) is 7.73. The average Bonchev–Trinajstić information content (AvgIpc) is 3.67. The van der Waals surface area contributed by atoms with Crippen LogP contribution in [0.2, 0.25) is 0 Å². The van der Waals surface area contributed by atoms with Crippen molar-refractivity contribution in [2.45, 2.75) is 32.0 Å². The molecule has 1 aliphatic rings. The van der Waals surface area contributed by atoms with Crippen LogP contribution in [-0.4, -0.2) is 53.6 Å². The maximum absolute atomic E-state index is 13.7. The number of methoxy groups -OCH3 is 2. The quantitative estimate of drug-likeness (QED) is 0.332. The van der Waals surface area contributed by atoms with Gasteiger partial charge in [-0.05, 0) is 25.8 Å². The van der Waals surface area contributed by atoms with Crippen molar-refractivity contribution in [3.63, 3.8) is 0 Å². The van der Waals surface area contributed by atoms with Crippen LogP contribution in [0.4, 0.5) is 30.5 Å². The number of aryl methyl sites for hydroxylation is 1. The van der Waals surface area contributed by atoms with Gasteiger partial charge in [-0.25, -0.2) is 10.5 Å². The highest BCUT2D eigenvalue weighted by Crippen LogP contribution is 2.44. The molecule has 14 heteroatoms. The summed E-state index contributed by atoms with van der Waals surface area (Å²) in [5.74, 6) is -0.720. The molecule has 1 unspecified atom stereocenters. The number of rotatable bonds is 10. The predicted octanol–water partition coefficient (Wildman–Crippen LogP) is 4.00. The zero-order valence-corrected chi connectivity index (χ0v) is 21.1. The molecule has 0 spiro atoms. The maximum atomic E-state index is 13.7. The normalized spacial score (nSPS) is 14.3. The second kappa shape index (κ2) is 10.8. The molecule has 0 radical (unpaired) electrons. The number of aromatic nitrogens is 3. The Balaban J connectivity index is 1.82. The molecule has 2 amide bonds. The lowest BCUT2D eigenvalue weighted by molar-refractivity contribution is -0.216. The number of benzene rings is 1. The van der Waals surface area contributed by atoms with Gasteiger partial charge in [-0.1, -0.05) is 6.07 Å². The Labute approximate surface area is 215 Å². The van der Waals surface area contributed by atoms with Crippen LogP contribution in [0.5, 0.6) is 5.75 Å². The van der Waals surface area contributed by atoms with Crippen molar-refractivity contribution in [3.8, 4) is 5.75 Å². The fraction of sp³-hybridized carbons (Fsp3) is 0.417. The number of amides is 2. The highest BCUT2D eigenvalue weighted by molar-refractivity contribution is 6.03. The third kappa shape index (κ3) is 5.50. The molecule has 4 rings (SSSR count). The van der Waals surface area contributed by atoms with E-state index in [4.69, 9.17) is 14.3 Å². The SMILES string of the molecule is CCONC(=O)c1cnc(NC(=O)C2CC2)cc1Nc1nn(C)c2ccc(C(OC)C(F)(F)F)c(OC)c12. The summed E-state index contributed by atoms with van der Waals surface area (Å²) in [4.78, 5) is 34.2. The largest absolute Gasteiger partial charge is 0.496 e. The van der Waals surface area contributed by atoms with Gasteiger partial charge in [0.1, 0.15) is 11.6 Å². The minimum absolute atomic E-state index is 0.0434. The van der Waals surface area contributed by atoms with E-state index in [9.17, 15) is 22.8 Å². The van der Waals surface area contributed by atoms with Crippen molar-refractivity contribution in [1.82, 2.24) is 20.2 Å². The summed E-state index contributed by atoms with van der Waals surface area (Å²) in [6.45, 7) is 1.90. The summed E-state index contributed by atoms with van der Waals surface area (Å²) < 4.78 is 52.8. The number of nitrogens with zero attached hydrogens (tertiary/aromatic N) is 3. The standard InChI is InChI=1S/C24H27F3N6O5/c1-5-38-32-23(35)14-11-28-17(30-22(34)12-6-7-12)10-15(14)29-21-18-16(33(2)31-21)9-8-13(19(18)36-3)20(37-4)24(25,26)27/h8-12,20H,5-7H2,1-4H3,(H,32,35)(H2,28,29,30,31,34). The van der Waals surface area contributed by atoms with Gasteiger partial charge < -0.3 is 20.1 Å². The summed E-state index contributed by atoms with van der Waals surface area (Å²) in [6.07, 6.45) is -4.12. The number of fused-ring (bicyclic) bond motifs is 1. The molecule has 0 bridgehead atoms. The van der Waals surface area contributed by atoms with Gasteiger partial charge in [0.2, 0.25) is 5.91 Å². The van der Waals surface area contributed by atoms with E-state index in [0.717, 1.165) is 20.0 Å². The van der Waals surface area contributed by atoms with E-state index in [2.05, 4.69) is 26.2 Å². The molecule has 0 aliphatic heterocycles. The number of ether oxygens (including phenoxy) is 2. The number of hydrogen-bond acceptors (Lipinski definition) is 8. The van der Waals surface area contributed by atoms with Crippen LogP contribution in [0.25, 0.3) is 10.9 Å². The second-order valence-corrected chi connectivity index (χ2v) is 8.58. The van der Waals surface area contributed by atoms with Gasteiger partial charge in [0.05, 0.1) is 35.9 Å². The molecular weight excluding hydrogens is 509 g/mol. The predicted molar refractivity (Wildman–Crippen MR) is 131 cm³/mol. The van der Waals surface area contributed by atoms with E-state index >= 15 is 0 Å². The topological polar surface area (TPSA) is 129 Å². The first kappa shape index (κ1) is 27.1. The number of carbonyl (C=O) groups is 2. The van der Waals surface area contributed by atoms with Crippen LogP contribution in [0.3, 0.4) is 0 Å². The molecule has 1 aromatic carbocycles. The monoisotopic (exact) mass is 536 g/mol. The number of halogens is 3. The number of carbonyl (C=O) groups excluding carboxylic acids is 2. The molecule has 1 aliphatic carbocycles. The Morgan fingerprint density at radius 2 is 1.97 bits per heavy atom. The number of pyridine rings is 1. The molecule has 3 N–H and O–H groups in total. The summed E-state index contributed by atoms with van der Waals surface area (Å²) in [5, 5.41) is 10.4. The minimum atomic E-state index is -4.70. The van der Waals surface area contributed by atoms with Crippen LogP contribution in [0.15, 0.2) is 24.4 Å². The van der Waals surface area contributed by atoms with Crippen molar-refractivity contribution >= 4 is 40.0 Å². The third-order valence-corrected chi connectivity index (χ3v) is 5.93. The molecular formula is C24H27F3N6O5. The summed E-state index contributed by atoms with van der Waals surface area (Å²) in [5.41, 5.74) is 2.71. The molecule has 204 valence electrons. The number of nitrogens with one attached hydrogen (secondary N) is 3. The van der Waals surface area contributed by atoms with Crippen molar-refractivity contribution in [2.75, 3.05) is 31.5 Å². The first-order chi connectivity index (χ1) is 18.1. The van der Waals surface area contributed by atoms with Gasteiger partial charge in [0, 0.05) is 37.9 Å². The van der Waals surface area contributed by atoms with Crippen molar-refractivity contribution in [2.24, 2.45) is 13.0 Å². The Morgan fingerprint density at radius 3 is 2.58 bits per heavy atom. The fourth-order valence-electron chi connectivity index (χ4n) is 3.99. The molecule has 11 nitrogen and oxygen atoms in total. The zero-order valence-electron chi connectivity index (χ0n) is 21.1. The van der Waals surface area contributed by atoms with Gasteiger partial charge in [0.25, 0.3) is 5.91 Å². The lowest BCUT2D eigenvalue weighted by atomic mass is 10.0. The van der Waals surface area contributed by atoms with Gasteiger partial charge in [-0.15, -0.1) is 0 Å². The van der Waals surface area contributed by atoms with Crippen molar-refractivity contribution < 1.29 is 37.1 Å². The number of hydroxylamine groups is 1. The van der Waals surface area contributed by atoms with Crippen LogP contribution in [0, 0.1) is 5.92 Å². The summed E-state index contributed by atoms with van der Waals surface area (Å²) >= 11 is 0. The van der Waals surface area contributed by atoms with Gasteiger partial charge in [-0.3, -0.25) is 19.1 Å². The molecule has 2 aromatic heterocycles. The lowest BCUT2D eigenvalue weighted by Crippen LogP contribution is -2.25. The molecule has 0 saturated heterocycles. The van der Waals surface area contributed by atoms with E-state index in [1.165, 1.54) is 36.2 Å². The molecule has 1 saturated carbocycles. The van der Waals surface area contributed by atoms with E-state index in [0.29, 0.717) is 5.52 Å². The van der Waals surface area contributed by atoms with Crippen LogP contribution >= 0.6 is 0 Å². The zero-order chi connectivity index (χ0) is 27.6. The van der Waals surface area contributed by atoms with Crippen molar-refractivity contribution in [3.05, 3.63) is 35.5 Å². The van der Waals surface area contributed by atoms with E-state index in [-0.39, 0.29) is 58.0 Å². The lowest BCUT2D eigenvalue weighted by Gasteiger charge is -2.22. The van der Waals surface area contributed by atoms with E-state index in [1.807, 2.05) is 0 Å². The van der Waals surface area contributed by atoms with Gasteiger partial charge in [-0.2, -0.15) is 18.3 Å². The molecule has 2 heterocycles. The Morgan fingerprint density at radius 1 is 1.24 bits per heavy atom. The number of hydrogen-bond donors (Lipinski definition) is 3. The smallest absolute Gasteiger partial charge is 0.418 e. The first-order valence-corrected chi connectivity index (χ1v) is 11.7. The van der Waals surface area contributed by atoms with E-state index in [1.54, 1.807) is 14.0 Å². The molecule has 38 heavy (non-hydrogen) atoms. The minimum Gasteiger partial charge on any atom is -0.496 e. The fourth-order valence-corrected chi connectivity index (χ4v) is 3.99. The highest BCUT2D eigenvalue weighted by atomic mass is 19.4. The number of alkyl halides is 3. The maximum Gasteiger partial charge on any atom is 0.418 e. The summed E-state index contributed by atoms with van der Waals surface area (Å²) in [6, 6.07) is 4.18. The summed E-state index contributed by atoms with van der Waals surface area (Å²) in [7, 11) is 3.82. The van der Waals surface area contributed by atoms with Gasteiger partial charge >= 0.3 is 6.18 Å².